The molecule has 3 rings (SSSR count). The number of hydrogen-bond donors (Lipinski definition) is 1. The molecule has 98 valence electrons. The van der Waals surface area contributed by atoms with Crippen LogP contribution >= 0.6 is 0 Å². The monoisotopic (exact) mass is 261 g/mol. The van der Waals surface area contributed by atoms with Crippen molar-refractivity contribution in [2.24, 2.45) is 5.73 Å². The smallest absolute Gasteiger partial charge is 0.159 e. The summed E-state index contributed by atoms with van der Waals surface area (Å²) in [6.07, 6.45) is 1.79. The Morgan fingerprint density at radius 2 is 1.55 bits per heavy atom. The molecular weight excluding hydrogens is 246 g/mol. The average molecular weight is 261 g/mol. The fraction of sp³-hybridized carbons (Fsp3) is 0.0588. The molecule has 2 aromatic carbocycles. The predicted octanol–water partition coefficient (Wildman–Crippen LogP) is 3.27. The third-order valence-electron chi connectivity index (χ3n) is 3.17. The molecule has 1 aromatic heterocycles. The second kappa shape index (κ2) is 5.63. The lowest BCUT2D eigenvalue weighted by Gasteiger charge is -2.05. The molecule has 3 nitrogen and oxygen atoms in total. The number of benzene rings is 2. The minimum absolute atomic E-state index is 0.555. The minimum Gasteiger partial charge on any atom is -0.326 e. The van der Waals surface area contributed by atoms with Crippen LogP contribution in [0.5, 0.6) is 0 Å². The topological polar surface area (TPSA) is 51.8 Å². The van der Waals surface area contributed by atoms with E-state index in [-0.39, 0.29) is 0 Å². The van der Waals surface area contributed by atoms with E-state index in [1.807, 2.05) is 60.7 Å². The molecule has 0 saturated carbocycles. The highest BCUT2D eigenvalue weighted by Crippen LogP contribution is 2.20. The number of nitrogens with zero attached hydrogens (tertiary/aromatic N) is 2. The van der Waals surface area contributed by atoms with Crippen LogP contribution in [0.4, 0.5) is 0 Å². The highest BCUT2D eigenvalue weighted by molar-refractivity contribution is 5.63. The van der Waals surface area contributed by atoms with Gasteiger partial charge in [0.15, 0.2) is 5.82 Å². The molecule has 0 unspecified atom stereocenters. The molecule has 0 aliphatic carbocycles. The Labute approximate surface area is 118 Å². The third-order valence-corrected chi connectivity index (χ3v) is 3.17. The van der Waals surface area contributed by atoms with Gasteiger partial charge in [-0.15, -0.1) is 0 Å². The van der Waals surface area contributed by atoms with E-state index >= 15 is 0 Å². The fourth-order valence-corrected chi connectivity index (χ4v) is 2.06. The van der Waals surface area contributed by atoms with Crippen LogP contribution in [0.25, 0.3) is 22.6 Å². The summed E-state index contributed by atoms with van der Waals surface area (Å²) >= 11 is 0. The van der Waals surface area contributed by atoms with Crippen LogP contribution in [0.1, 0.15) is 5.56 Å². The molecule has 0 amide bonds. The molecule has 1 heterocycles. The van der Waals surface area contributed by atoms with Crippen molar-refractivity contribution in [3.63, 3.8) is 0 Å². The SMILES string of the molecule is NCc1ccc(-c2ccnc(-c3ccccc3)n2)cc1. The Hall–Kier alpha value is -2.52. The highest BCUT2D eigenvalue weighted by atomic mass is 14.9. The normalized spacial score (nSPS) is 10.4. The number of aromatic nitrogens is 2. The molecular formula is C17H15N3. The van der Waals surface area contributed by atoms with Crippen LogP contribution in [0.15, 0.2) is 66.9 Å². The van der Waals surface area contributed by atoms with E-state index in [4.69, 9.17) is 5.73 Å². The van der Waals surface area contributed by atoms with Crippen molar-refractivity contribution in [3.05, 3.63) is 72.4 Å². The lowest BCUT2D eigenvalue weighted by Crippen LogP contribution is -1.96. The quantitative estimate of drug-likeness (QED) is 0.787. The van der Waals surface area contributed by atoms with Crippen LogP contribution in [-0.2, 0) is 6.54 Å². The van der Waals surface area contributed by atoms with Gasteiger partial charge >= 0.3 is 0 Å². The Morgan fingerprint density at radius 1 is 0.800 bits per heavy atom. The maximum absolute atomic E-state index is 5.61. The summed E-state index contributed by atoms with van der Waals surface area (Å²) in [6, 6.07) is 20.0. The van der Waals surface area contributed by atoms with Gasteiger partial charge in [-0.25, -0.2) is 9.97 Å². The van der Waals surface area contributed by atoms with Gasteiger partial charge in [0.05, 0.1) is 5.69 Å². The summed E-state index contributed by atoms with van der Waals surface area (Å²) in [4.78, 5) is 8.96. The van der Waals surface area contributed by atoms with E-state index in [0.29, 0.717) is 6.54 Å². The molecule has 0 saturated heterocycles. The molecule has 0 atom stereocenters. The predicted molar refractivity (Wildman–Crippen MR) is 80.8 cm³/mol. The summed E-state index contributed by atoms with van der Waals surface area (Å²) in [5, 5.41) is 0. The van der Waals surface area contributed by atoms with Crippen molar-refractivity contribution in [3.8, 4) is 22.6 Å². The van der Waals surface area contributed by atoms with Gasteiger partial charge in [-0.05, 0) is 11.6 Å². The second-order valence-corrected chi connectivity index (χ2v) is 4.53. The summed E-state index contributed by atoms with van der Waals surface area (Å²) in [5.74, 6) is 0.742. The van der Waals surface area contributed by atoms with Gasteiger partial charge in [-0.1, -0.05) is 54.6 Å². The fourth-order valence-electron chi connectivity index (χ4n) is 2.06. The standard InChI is InChI=1S/C17H15N3/c18-12-13-6-8-14(9-7-13)16-10-11-19-17(20-16)15-4-2-1-3-5-15/h1-11H,12,18H2. The van der Waals surface area contributed by atoms with Crippen LogP contribution < -0.4 is 5.73 Å². The summed E-state index contributed by atoms with van der Waals surface area (Å²) in [7, 11) is 0. The molecule has 0 aliphatic heterocycles. The van der Waals surface area contributed by atoms with E-state index in [0.717, 1.165) is 28.2 Å². The van der Waals surface area contributed by atoms with E-state index in [2.05, 4.69) is 9.97 Å². The lowest BCUT2D eigenvalue weighted by atomic mass is 10.1. The lowest BCUT2D eigenvalue weighted by molar-refractivity contribution is 1.07. The minimum atomic E-state index is 0.555. The molecule has 20 heavy (non-hydrogen) atoms. The Bertz CT molecular complexity index is 691. The molecule has 0 radical (unpaired) electrons. The van der Waals surface area contributed by atoms with Crippen molar-refractivity contribution < 1.29 is 0 Å². The van der Waals surface area contributed by atoms with Crippen LogP contribution in [-0.4, -0.2) is 9.97 Å². The second-order valence-electron chi connectivity index (χ2n) is 4.53. The molecule has 2 N–H and O–H groups in total. The molecule has 0 bridgehead atoms. The van der Waals surface area contributed by atoms with Crippen molar-refractivity contribution in [2.75, 3.05) is 0 Å². The van der Waals surface area contributed by atoms with Gasteiger partial charge in [-0.3, -0.25) is 0 Å². The van der Waals surface area contributed by atoms with Gasteiger partial charge in [0, 0.05) is 23.9 Å². The van der Waals surface area contributed by atoms with Gasteiger partial charge < -0.3 is 5.73 Å². The van der Waals surface area contributed by atoms with E-state index < -0.39 is 0 Å². The van der Waals surface area contributed by atoms with Gasteiger partial charge in [0.2, 0.25) is 0 Å². The van der Waals surface area contributed by atoms with Crippen LogP contribution in [0, 0.1) is 0 Å². The van der Waals surface area contributed by atoms with Crippen molar-refractivity contribution in [1.82, 2.24) is 9.97 Å². The van der Waals surface area contributed by atoms with Crippen molar-refractivity contribution in [1.29, 1.82) is 0 Å². The summed E-state index contributed by atoms with van der Waals surface area (Å²) in [5.41, 5.74) is 9.74. The van der Waals surface area contributed by atoms with Gasteiger partial charge in [-0.2, -0.15) is 0 Å². The highest BCUT2D eigenvalue weighted by Gasteiger charge is 2.04. The first-order valence-corrected chi connectivity index (χ1v) is 6.54. The maximum Gasteiger partial charge on any atom is 0.159 e. The van der Waals surface area contributed by atoms with E-state index in [1.54, 1.807) is 6.20 Å². The molecule has 0 fully saturated rings. The third kappa shape index (κ3) is 2.58. The number of hydrogen-bond acceptors (Lipinski definition) is 3. The number of rotatable bonds is 3. The maximum atomic E-state index is 5.61. The van der Waals surface area contributed by atoms with Gasteiger partial charge in [0.25, 0.3) is 0 Å². The Balaban J connectivity index is 1.98. The van der Waals surface area contributed by atoms with Crippen molar-refractivity contribution >= 4 is 0 Å². The summed E-state index contributed by atoms with van der Waals surface area (Å²) in [6.45, 7) is 0.555. The van der Waals surface area contributed by atoms with Crippen LogP contribution in [0.2, 0.25) is 0 Å². The Morgan fingerprint density at radius 3 is 2.25 bits per heavy atom. The first kappa shape index (κ1) is 12.5. The molecule has 0 aliphatic rings. The molecule has 3 heteroatoms. The first-order valence-electron chi connectivity index (χ1n) is 6.54. The van der Waals surface area contributed by atoms with Crippen LogP contribution in [0.3, 0.4) is 0 Å². The average Bonchev–Trinajstić information content (AvgIpc) is 2.56. The zero-order valence-electron chi connectivity index (χ0n) is 11.0. The molecule has 0 spiro atoms. The van der Waals surface area contributed by atoms with Gasteiger partial charge in [0.1, 0.15) is 0 Å². The number of nitrogens with two attached hydrogens (primary N) is 1. The van der Waals surface area contributed by atoms with E-state index in [1.165, 1.54) is 0 Å². The first-order chi connectivity index (χ1) is 9.86. The molecule has 3 aromatic rings. The zero-order chi connectivity index (χ0) is 13.8. The van der Waals surface area contributed by atoms with Crippen molar-refractivity contribution in [2.45, 2.75) is 6.54 Å². The largest absolute Gasteiger partial charge is 0.326 e. The summed E-state index contributed by atoms with van der Waals surface area (Å²) < 4.78 is 0. The zero-order valence-corrected chi connectivity index (χ0v) is 11.0. The Kier molecular flexibility index (Phi) is 3.52. The van der Waals surface area contributed by atoms with E-state index in [9.17, 15) is 0 Å².